The molecule has 21 heavy (non-hydrogen) atoms. The van der Waals surface area contributed by atoms with E-state index in [0.717, 1.165) is 25.2 Å². The van der Waals surface area contributed by atoms with Crippen LogP contribution in [0.2, 0.25) is 10.0 Å². The molecule has 0 spiro atoms. The standard InChI is InChI=1S/C16H15Cl2NO2/c17-14-2-1-12(8-15(14)18)16(20)7-11-3-5-19(9-11)13-4-6-21-10-13/h1-2,4,6,8,10-11H,3,5,7,9H2. The normalized spacial score (nSPS) is 18.2. The molecule has 0 saturated carbocycles. The first-order valence-corrected chi connectivity index (χ1v) is 7.64. The maximum absolute atomic E-state index is 12.3. The van der Waals surface area contributed by atoms with Crippen LogP contribution in [0.3, 0.4) is 0 Å². The Bertz CT molecular complexity index is 640. The van der Waals surface area contributed by atoms with Crippen LogP contribution in [0.15, 0.2) is 41.2 Å². The van der Waals surface area contributed by atoms with E-state index in [1.165, 1.54) is 0 Å². The zero-order valence-corrected chi connectivity index (χ0v) is 12.9. The van der Waals surface area contributed by atoms with Crippen LogP contribution >= 0.6 is 23.2 Å². The highest BCUT2D eigenvalue weighted by molar-refractivity contribution is 6.42. The summed E-state index contributed by atoms with van der Waals surface area (Å²) < 4.78 is 5.10. The van der Waals surface area contributed by atoms with Gasteiger partial charge >= 0.3 is 0 Å². The number of benzene rings is 1. The Labute approximate surface area is 133 Å². The van der Waals surface area contributed by atoms with E-state index in [2.05, 4.69) is 4.90 Å². The molecule has 1 aliphatic heterocycles. The number of Topliss-reactive ketones (excluding diaryl/α,β-unsaturated/α-hetero) is 1. The first-order valence-electron chi connectivity index (χ1n) is 6.89. The van der Waals surface area contributed by atoms with Gasteiger partial charge in [-0.2, -0.15) is 0 Å². The second-order valence-corrected chi connectivity index (χ2v) is 6.15. The van der Waals surface area contributed by atoms with E-state index in [4.69, 9.17) is 27.6 Å². The Morgan fingerprint density at radius 3 is 2.86 bits per heavy atom. The molecular formula is C16H15Cl2NO2. The van der Waals surface area contributed by atoms with Crippen LogP contribution < -0.4 is 4.90 Å². The molecule has 0 bridgehead atoms. The first kappa shape index (κ1) is 14.5. The molecule has 0 radical (unpaired) electrons. The van der Waals surface area contributed by atoms with E-state index in [0.29, 0.717) is 27.9 Å². The molecule has 3 nitrogen and oxygen atoms in total. The van der Waals surface area contributed by atoms with Crippen molar-refractivity contribution >= 4 is 34.7 Å². The molecule has 0 aliphatic carbocycles. The highest BCUT2D eigenvalue weighted by atomic mass is 35.5. The number of carbonyl (C=O) groups is 1. The predicted molar refractivity (Wildman–Crippen MR) is 84.4 cm³/mol. The average Bonchev–Trinajstić information content (AvgIpc) is 3.12. The van der Waals surface area contributed by atoms with Crippen LogP contribution in [0.4, 0.5) is 5.69 Å². The van der Waals surface area contributed by atoms with Crippen molar-refractivity contribution in [1.29, 1.82) is 0 Å². The van der Waals surface area contributed by atoms with E-state index in [9.17, 15) is 4.79 Å². The average molecular weight is 324 g/mol. The molecule has 5 heteroatoms. The van der Waals surface area contributed by atoms with Crippen molar-refractivity contribution < 1.29 is 9.21 Å². The molecule has 1 saturated heterocycles. The minimum atomic E-state index is 0.118. The molecule has 0 N–H and O–H groups in total. The molecule has 0 amide bonds. The molecule has 1 unspecified atom stereocenters. The highest BCUT2D eigenvalue weighted by Crippen LogP contribution is 2.28. The summed E-state index contributed by atoms with van der Waals surface area (Å²) in [6.45, 7) is 1.84. The van der Waals surface area contributed by atoms with Gasteiger partial charge < -0.3 is 9.32 Å². The Hall–Kier alpha value is -1.45. The number of carbonyl (C=O) groups excluding carboxylic acids is 1. The molecule has 1 fully saturated rings. The van der Waals surface area contributed by atoms with Gasteiger partial charge in [0, 0.05) is 25.1 Å². The summed E-state index contributed by atoms with van der Waals surface area (Å²) in [6, 6.07) is 7.00. The van der Waals surface area contributed by atoms with Crippen molar-refractivity contribution in [1.82, 2.24) is 0 Å². The summed E-state index contributed by atoms with van der Waals surface area (Å²) >= 11 is 11.8. The minimum absolute atomic E-state index is 0.118. The van der Waals surface area contributed by atoms with Crippen molar-refractivity contribution in [3.8, 4) is 0 Å². The maximum Gasteiger partial charge on any atom is 0.163 e. The minimum Gasteiger partial charge on any atom is -0.470 e. The number of hydrogen-bond donors (Lipinski definition) is 0. The largest absolute Gasteiger partial charge is 0.470 e. The van der Waals surface area contributed by atoms with Gasteiger partial charge in [0.1, 0.15) is 6.26 Å². The van der Waals surface area contributed by atoms with Gasteiger partial charge in [0.05, 0.1) is 22.0 Å². The van der Waals surface area contributed by atoms with E-state index < -0.39 is 0 Å². The van der Waals surface area contributed by atoms with E-state index in [1.54, 1.807) is 30.7 Å². The van der Waals surface area contributed by atoms with Crippen molar-refractivity contribution in [2.75, 3.05) is 18.0 Å². The quantitative estimate of drug-likeness (QED) is 0.765. The SMILES string of the molecule is O=C(CC1CCN(c2ccoc2)C1)c1ccc(Cl)c(Cl)c1. The zero-order valence-electron chi connectivity index (χ0n) is 11.4. The summed E-state index contributed by atoms with van der Waals surface area (Å²) in [7, 11) is 0. The number of anilines is 1. The number of rotatable bonds is 4. The Kier molecular flexibility index (Phi) is 4.22. The summed E-state index contributed by atoms with van der Waals surface area (Å²) in [4.78, 5) is 14.6. The van der Waals surface area contributed by atoms with Crippen LogP contribution in [-0.4, -0.2) is 18.9 Å². The lowest BCUT2D eigenvalue weighted by molar-refractivity contribution is 0.0965. The lowest BCUT2D eigenvalue weighted by Gasteiger charge is -2.15. The smallest absolute Gasteiger partial charge is 0.163 e. The van der Waals surface area contributed by atoms with Crippen LogP contribution in [0.1, 0.15) is 23.2 Å². The van der Waals surface area contributed by atoms with Gasteiger partial charge in [-0.3, -0.25) is 4.79 Å². The third-order valence-corrected chi connectivity index (χ3v) is 4.61. The second kappa shape index (κ2) is 6.12. The lowest BCUT2D eigenvalue weighted by atomic mass is 9.98. The molecule has 2 aromatic rings. The number of halogens is 2. The van der Waals surface area contributed by atoms with Crippen molar-refractivity contribution in [3.63, 3.8) is 0 Å². The van der Waals surface area contributed by atoms with Gasteiger partial charge in [-0.1, -0.05) is 23.2 Å². The fourth-order valence-corrected chi connectivity index (χ4v) is 3.02. The predicted octanol–water partition coefficient (Wildman–Crippen LogP) is 4.69. The van der Waals surface area contributed by atoms with E-state index in [-0.39, 0.29) is 5.78 Å². The van der Waals surface area contributed by atoms with Gasteiger partial charge in [-0.05, 0) is 36.6 Å². The fraction of sp³-hybridized carbons (Fsp3) is 0.312. The summed E-state index contributed by atoms with van der Waals surface area (Å²) in [5.41, 5.74) is 1.71. The monoisotopic (exact) mass is 323 g/mol. The third kappa shape index (κ3) is 3.25. The van der Waals surface area contributed by atoms with Gasteiger partial charge in [0.15, 0.2) is 5.78 Å². The van der Waals surface area contributed by atoms with E-state index >= 15 is 0 Å². The summed E-state index contributed by atoms with van der Waals surface area (Å²) in [5, 5.41) is 0.897. The number of nitrogens with zero attached hydrogens (tertiary/aromatic N) is 1. The summed E-state index contributed by atoms with van der Waals surface area (Å²) in [6.07, 6.45) is 4.96. The van der Waals surface area contributed by atoms with Gasteiger partial charge in [0.25, 0.3) is 0 Å². The molecule has 3 rings (SSSR count). The maximum atomic E-state index is 12.3. The Morgan fingerprint density at radius 1 is 1.29 bits per heavy atom. The number of furan rings is 1. The molecule has 1 aromatic carbocycles. The first-order chi connectivity index (χ1) is 10.1. The third-order valence-electron chi connectivity index (χ3n) is 3.87. The zero-order chi connectivity index (χ0) is 14.8. The van der Waals surface area contributed by atoms with Gasteiger partial charge in [0.2, 0.25) is 0 Å². The van der Waals surface area contributed by atoms with Gasteiger partial charge in [-0.15, -0.1) is 0 Å². The fourth-order valence-electron chi connectivity index (χ4n) is 2.72. The van der Waals surface area contributed by atoms with Crippen LogP contribution in [0, 0.1) is 5.92 Å². The second-order valence-electron chi connectivity index (χ2n) is 5.34. The molecule has 1 atom stereocenters. The lowest BCUT2D eigenvalue weighted by Crippen LogP contribution is -2.19. The molecule has 1 aliphatic rings. The molecule has 2 heterocycles. The van der Waals surface area contributed by atoms with Crippen LogP contribution in [0.5, 0.6) is 0 Å². The number of ketones is 1. The van der Waals surface area contributed by atoms with E-state index in [1.807, 2.05) is 6.07 Å². The van der Waals surface area contributed by atoms with Crippen molar-refractivity contribution in [2.24, 2.45) is 5.92 Å². The molecular weight excluding hydrogens is 309 g/mol. The van der Waals surface area contributed by atoms with Crippen molar-refractivity contribution in [3.05, 3.63) is 52.4 Å². The highest BCUT2D eigenvalue weighted by Gasteiger charge is 2.25. The Balaban J connectivity index is 1.62. The topological polar surface area (TPSA) is 33.5 Å². The van der Waals surface area contributed by atoms with Crippen LogP contribution in [0.25, 0.3) is 0 Å². The number of hydrogen-bond acceptors (Lipinski definition) is 3. The van der Waals surface area contributed by atoms with Crippen LogP contribution in [-0.2, 0) is 0 Å². The van der Waals surface area contributed by atoms with Gasteiger partial charge in [-0.25, -0.2) is 0 Å². The molecule has 1 aromatic heterocycles. The summed E-state index contributed by atoms with van der Waals surface area (Å²) in [5.74, 6) is 0.481. The van der Waals surface area contributed by atoms with Crippen molar-refractivity contribution in [2.45, 2.75) is 12.8 Å². The molecule has 110 valence electrons. The Morgan fingerprint density at radius 2 is 2.14 bits per heavy atom.